The van der Waals surface area contributed by atoms with Gasteiger partial charge in [-0.25, -0.2) is 8.78 Å². The van der Waals surface area contributed by atoms with Crippen LogP contribution < -0.4 is 10.1 Å². The van der Waals surface area contributed by atoms with Crippen LogP contribution in [-0.4, -0.2) is 24.4 Å². The number of aliphatic hydroxyl groups excluding tert-OH is 1. The fraction of sp³-hybridized carbons (Fsp3) is 0.235. The molecule has 120 valence electrons. The Hall–Kier alpha value is -2.49. The zero-order valence-corrected chi connectivity index (χ0v) is 12.3. The normalized spacial score (nSPS) is 11.7. The van der Waals surface area contributed by atoms with Crippen LogP contribution in [0.3, 0.4) is 0 Å². The zero-order chi connectivity index (χ0) is 16.7. The van der Waals surface area contributed by atoms with Gasteiger partial charge in [0.1, 0.15) is 18.5 Å². The van der Waals surface area contributed by atoms with Crippen molar-refractivity contribution in [2.45, 2.75) is 12.6 Å². The first-order chi connectivity index (χ1) is 11.1. The van der Waals surface area contributed by atoms with Gasteiger partial charge in [-0.2, -0.15) is 5.26 Å². The van der Waals surface area contributed by atoms with Crippen LogP contribution in [0, 0.1) is 23.0 Å². The van der Waals surface area contributed by atoms with Gasteiger partial charge < -0.3 is 15.2 Å². The highest BCUT2D eigenvalue weighted by Gasteiger charge is 2.07. The molecule has 0 aliphatic carbocycles. The molecule has 4 nitrogen and oxygen atoms in total. The fourth-order valence-electron chi connectivity index (χ4n) is 1.90. The van der Waals surface area contributed by atoms with Crippen LogP contribution in [0.5, 0.6) is 5.75 Å². The molecule has 0 radical (unpaired) electrons. The summed E-state index contributed by atoms with van der Waals surface area (Å²) < 4.78 is 31.0. The standard InChI is InChI=1S/C17H16F2N2O2/c18-16-6-5-15(7-17(16)19)23-11-14(22)10-21-9-13-3-1-12(8-20)2-4-13/h1-7,14,21-22H,9-11H2. The second-order valence-corrected chi connectivity index (χ2v) is 4.98. The smallest absolute Gasteiger partial charge is 0.162 e. The molecule has 23 heavy (non-hydrogen) atoms. The van der Waals surface area contributed by atoms with Crippen molar-refractivity contribution in [2.24, 2.45) is 0 Å². The summed E-state index contributed by atoms with van der Waals surface area (Å²) in [4.78, 5) is 0. The van der Waals surface area contributed by atoms with E-state index in [2.05, 4.69) is 5.32 Å². The van der Waals surface area contributed by atoms with E-state index in [9.17, 15) is 13.9 Å². The largest absolute Gasteiger partial charge is 0.491 e. The first-order valence-corrected chi connectivity index (χ1v) is 7.04. The van der Waals surface area contributed by atoms with Gasteiger partial charge in [0, 0.05) is 19.2 Å². The van der Waals surface area contributed by atoms with E-state index in [-0.39, 0.29) is 18.9 Å². The number of nitrogens with zero attached hydrogens (tertiary/aromatic N) is 1. The zero-order valence-electron chi connectivity index (χ0n) is 12.3. The van der Waals surface area contributed by atoms with Gasteiger partial charge in [-0.05, 0) is 29.8 Å². The van der Waals surface area contributed by atoms with Crippen molar-refractivity contribution in [1.29, 1.82) is 5.26 Å². The van der Waals surface area contributed by atoms with E-state index in [0.29, 0.717) is 12.1 Å². The summed E-state index contributed by atoms with van der Waals surface area (Å²) in [6, 6.07) is 12.4. The lowest BCUT2D eigenvalue weighted by atomic mass is 10.1. The molecule has 2 N–H and O–H groups in total. The summed E-state index contributed by atoms with van der Waals surface area (Å²) in [6.45, 7) is 0.781. The molecule has 1 atom stereocenters. The van der Waals surface area contributed by atoms with Crippen LogP contribution in [0.15, 0.2) is 42.5 Å². The summed E-state index contributed by atoms with van der Waals surface area (Å²) >= 11 is 0. The lowest BCUT2D eigenvalue weighted by Crippen LogP contribution is -2.31. The molecule has 6 heteroatoms. The Morgan fingerprint density at radius 2 is 1.87 bits per heavy atom. The second kappa shape index (κ2) is 8.22. The summed E-state index contributed by atoms with van der Waals surface area (Å²) in [7, 11) is 0. The van der Waals surface area contributed by atoms with Crippen molar-refractivity contribution in [3.05, 3.63) is 65.2 Å². The number of nitrogens with one attached hydrogen (secondary N) is 1. The van der Waals surface area contributed by atoms with E-state index >= 15 is 0 Å². The first kappa shape index (κ1) is 16.9. The van der Waals surface area contributed by atoms with Crippen molar-refractivity contribution >= 4 is 0 Å². The number of ether oxygens (including phenoxy) is 1. The molecule has 0 saturated carbocycles. The number of aliphatic hydroxyl groups is 1. The third kappa shape index (κ3) is 5.33. The predicted molar refractivity (Wildman–Crippen MR) is 80.7 cm³/mol. The molecule has 0 fully saturated rings. The van der Waals surface area contributed by atoms with Crippen LogP contribution in [-0.2, 0) is 6.54 Å². The summed E-state index contributed by atoms with van der Waals surface area (Å²) in [6.07, 6.45) is -0.790. The summed E-state index contributed by atoms with van der Waals surface area (Å²) in [5.41, 5.74) is 1.58. The Morgan fingerprint density at radius 1 is 1.13 bits per heavy atom. The minimum Gasteiger partial charge on any atom is -0.491 e. The molecule has 0 aliphatic rings. The van der Waals surface area contributed by atoms with Crippen molar-refractivity contribution in [1.82, 2.24) is 5.32 Å². The summed E-state index contributed by atoms with van der Waals surface area (Å²) in [5, 5.41) is 21.6. The lowest BCUT2D eigenvalue weighted by molar-refractivity contribution is 0.106. The van der Waals surface area contributed by atoms with E-state index < -0.39 is 17.7 Å². The molecule has 0 aliphatic heterocycles. The quantitative estimate of drug-likeness (QED) is 0.822. The summed E-state index contributed by atoms with van der Waals surface area (Å²) in [5.74, 6) is -1.77. The average molecular weight is 318 g/mol. The molecule has 2 aromatic carbocycles. The maximum Gasteiger partial charge on any atom is 0.162 e. The van der Waals surface area contributed by atoms with Gasteiger partial charge in [0.05, 0.1) is 11.6 Å². The van der Waals surface area contributed by atoms with E-state index in [1.165, 1.54) is 6.07 Å². The van der Waals surface area contributed by atoms with Gasteiger partial charge in [-0.15, -0.1) is 0 Å². The molecule has 0 heterocycles. The second-order valence-electron chi connectivity index (χ2n) is 4.98. The molecule has 1 unspecified atom stereocenters. The predicted octanol–water partition coefficient (Wildman–Crippen LogP) is 2.37. The Bertz CT molecular complexity index is 684. The molecular formula is C17H16F2N2O2. The topological polar surface area (TPSA) is 65.3 Å². The van der Waals surface area contributed by atoms with Gasteiger partial charge in [-0.1, -0.05) is 12.1 Å². The number of halogens is 2. The molecular weight excluding hydrogens is 302 g/mol. The number of nitriles is 1. The van der Waals surface area contributed by atoms with Crippen molar-refractivity contribution in [3.63, 3.8) is 0 Å². The van der Waals surface area contributed by atoms with Gasteiger partial charge in [0.25, 0.3) is 0 Å². The maximum atomic E-state index is 13.0. The highest BCUT2D eigenvalue weighted by molar-refractivity contribution is 5.31. The molecule has 0 amide bonds. The first-order valence-electron chi connectivity index (χ1n) is 7.04. The third-order valence-electron chi connectivity index (χ3n) is 3.13. The lowest BCUT2D eigenvalue weighted by Gasteiger charge is -2.13. The van der Waals surface area contributed by atoms with Crippen LogP contribution in [0.2, 0.25) is 0 Å². The van der Waals surface area contributed by atoms with Crippen LogP contribution in [0.1, 0.15) is 11.1 Å². The minimum atomic E-state index is -0.990. The molecule has 0 spiro atoms. The number of rotatable bonds is 7. The minimum absolute atomic E-state index is 0.0363. The maximum absolute atomic E-state index is 13.0. The van der Waals surface area contributed by atoms with Crippen molar-refractivity contribution < 1.29 is 18.6 Å². The van der Waals surface area contributed by atoms with Crippen LogP contribution >= 0.6 is 0 Å². The van der Waals surface area contributed by atoms with E-state index in [4.69, 9.17) is 10.00 Å². The third-order valence-corrected chi connectivity index (χ3v) is 3.13. The fourth-order valence-corrected chi connectivity index (χ4v) is 1.90. The van der Waals surface area contributed by atoms with Crippen molar-refractivity contribution in [2.75, 3.05) is 13.2 Å². The SMILES string of the molecule is N#Cc1ccc(CNCC(O)COc2ccc(F)c(F)c2)cc1. The van der Waals surface area contributed by atoms with Gasteiger partial charge >= 0.3 is 0 Å². The van der Waals surface area contributed by atoms with Crippen LogP contribution in [0.4, 0.5) is 8.78 Å². The highest BCUT2D eigenvalue weighted by atomic mass is 19.2. The van der Waals surface area contributed by atoms with Gasteiger partial charge in [0.15, 0.2) is 11.6 Å². The number of hydrogen-bond donors (Lipinski definition) is 2. The Morgan fingerprint density at radius 3 is 2.52 bits per heavy atom. The molecule has 0 bridgehead atoms. The number of benzene rings is 2. The van der Waals surface area contributed by atoms with Gasteiger partial charge in [0.2, 0.25) is 0 Å². The average Bonchev–Trinajstić information content (AvgIpc) is 2.56. The van der Waals surface area contributed by atoms with Crippen molar-refractivity contribution in [3.8, 4) is 11.8 Å². The molecule has 0 saturated heterocycles. The van der Waals surface area contributed by atoms with E-state index in [0.717, 1.165) is 17.7 Å². The Kier molecular flexibility index (Phi) is 6.03. The molecule has 2 rings (SSSR count). The Balaban J connectivity index is 1.71. The molecule has 2 aromatic rings. The van der Waals surface area contributed by atoms with E-state index in [1.807, 2.05) is 18.2 Å². The Labute approximate surface area is 132 Å². The highest BCUT2D eigenvalue weighted by Crippen LogP contribution is 2.15. The van der Waals surface area contributed by atoms with Gasteiger partial charge in [-0.3, -0.25) is 0 Å². The molecule has 0 aromatic heterocycles. The number of hydrogen-bond acceptors (Lipinski definition) is 4. The van der Waals surface area contributed by atoms with Crippen LogP contribution in [0.25, 0.3) is 0 Å². The van der Waals surface area contributed by atoms with E-state index in [1.54, 1.807) is 12.1 Å². The monoisotopic (exact) mass is 318 g/mol.